The fourth-order valence-corrected chi connectivity index (χ4v) is 0.204. The van der Waals surface area contributed by atoms with E-state index in [0.717, 1.165) is 0 Å². The predicted molar refractivity (Wildman–Crippen MR) is 32.6 cm³/mol. The van der Waals surface area contributed by atoms with Crippen molar-refractivity contribution in [2.45, 2.75) is 12.2 Å². The molecule has 1 unspecified atom stereocenters. The summed E-state index contributed by atoms with van der Waals surface area (Å²) >= 11 is 1.56. The van der Waals surface area contributed by atoms with Crippen molar-refractivity contribution < 1.29 is 0 Å². The van der Waals surface area contributed by atoms with Crippen LogP contribution in [0.15, 0.2) is 12.7 Å². The predicted octanol–water partition coefficient (Wildman–Crippen LogP) is 2.09. The fraction of sp³-hybridized carbons (Fsp3) is 0.400. The van der Waals surface area contributed by atoms with E-state index in [9.17, 15) is 0 Å². The van der Waals surface area contributed by atoms with Gasteiger partial charge in [0, 0.05) is 11.5 Å². The standard InChI is InChI=1S/C5H9S/c1-4-5(2)6-3/h4-5H,1,3H2,2H3. The molecule has 0 aromatic carbocycles. The van der Waals surface area contributed by atoms with Gasteiger partial charge < -0.3 is 0 Å². The molecule has 0 fully saturated rings. The molecule has 0 rings (SSSR count). The zero-order chi connectivity index (χ0) is 4.99. The van der Waals surface area contributed by atoms with Crippen LogP contribution in [0.3, 0.4) is 0 Å². The van der Waals surface area contributed by atoms with Crippen LogP contribution >= 0.6 is 11.8 Å². The van der Waals surface area contributed by atoms with Crippen LogP contribution in [0.1, 0.15) is 6.92 Å². The average Bonchev–Trinajstić information content (AvgIpc) is 1.65. The van der Waals surface area contributed by atoms with Gasteiger partial charge in [-0.3, -0.25) is 0 Å². The first kappa shape index (κ1) is 6.09. The van der Waals surface area contributed by atoms with Crippen molar-refractivity contribution in [2.24, 2.45) is 0 Å². The van der Waals surface area contributed by atoms with Gasteiger partial charge in [0.1, 0.15) is 0 Å². The first-order valence-electron chi connectivity index (χ1n) is 1.84. The molecular weight excluding hydrogens is 92.1 g/mol. The van der Waals surface area contributed by atoms with Crippen LogP contribution in [0.25, 0.3) is 0 Å². The molecule has 0 aliphatic carbocycles. The van der Waals surface area contributed by atoms with Crippen LogP contribution in [0, 0.1) is 6.26 Å². The molecule has 0 heterocycles. The number of hydrogen-bond donors (Lipinski definition) is 0. The molecular formula is C5H9S. The van der Waals surface area contributed by atoms with Gasteiger partial charge in [-0.1, -0.05) is 6.08 Å². The van der Waals surface area contributed by atoms with E-state index in [4.69, 9.17) is 0 Å². The first-order valence-corrected chi connectivity index (χ1v) is 2.89. The second-order valence-corrected chi connectivity index (χ2v) is 2.18. The summed E-state index contributed by atoms with van der Waals surface area (Å²) in [6.07, 6.45) is 5.47. The van der Waals surface area contributed by atoms with Crippen molar-refractivity contribution in [3.05, 3.63) is 18.9 Å². The molecule has 1 atom stereocenters. The molecule has 0 bridgehead atoms. The molecule has 1 heteroatoms. The quantitative estimate of drug-likeness (QED) is 0.480. The first-order chi connectivity index (χ1) is 2.81. The summed E-state index contributed by atoms with van der Waals surface area (Å²) in [5.41, 5.74) is 0. The summed E-state index contributed by atoms with van der Waals surface area (Å²) in [4.78, 5) is 0. The van der Waals surface area contributed by atoms with Gasteiger partial charge in [-0.05, 0) is 6.92 Å². The molecule has 1 radical (unpaired) electrons. The number of thioether (sulfide) groups is 1. The molecule has 6 heavy (non-hydrogen) atoms. The van der Waals surface area contributed by atoms with E-state index in [0.29, 0.717) is 5.25 Å². The van der Waals surface area contributed by atoms with Crippen molar-refractivity contribution >= 4 is 11.8 Å². The van der Waals surface area contributed by atoms with Gasteiger partial charge in [0.2, 0.25) is 0 Å². The van der Waals surface area contributed by atoms with Crippen LogP contribution in [0.4, 0.5) is 0 Å². The zero-order valence-electron chi connectivity index (χ0n) is 3.98. The Kier molecular flexibility index (Phi) is 3.34. The topological polar surface area (TPSA) is 0 Å². The maximum Gasteiger partial charge on any atom is 0.0196 e. The van der Waals surface area contributed by atoms with Crippen LogP contribution in [0.2, 0.25) is 0 Å². The minimum Gasteiger partial charge on any atom is -0.154 e. The van der Waals surface area contributed by atoms with E-state index in [1.807, 2.05) is 6.08 Å². The van der Waals surface area contributed by atoms with Gasteiger partial charge >= 0.3 is 0 Å². The van der Waals surface area contributed by atoms with Crippen LogP contribution < -0.4 is 0 Å². The SMILES string of the molecule is [CH2]SC(C)C=C. The Balaban J connectivity index is 2.96. The highest BCUT2D eigenvalue weighted by molar-refractivity contribution is 8.01. The Morgan fingerprint density at radius 3 is 2.33 bits per heavy atom. The van der Waals surface area contributed by atoms with Crippen molar-refractivity contribution in [2.75, 3.05) is 0 Å². The molecule has 0 aliphatic rings. The normalized spacial score (nSPS) is 13.7. The van der Waals surface area contributed by atoms with E-state index in [1.165, 1.54) is 0 Å². The lowest BCUT2D eigenvalue weighted by molar-refractivity contribution is 1.26. The molecule has 0 N–H and O–H groups in total. The van der Waals surface area contributed by atoms with Gasteiger partial charge in [0.15, 0.2) is 0 Å². The maximum absolute atomic E-state index is 3.60. The van der Waals surface area contributed by atoms with Gasteiger partial charge in [0.05, 0.1) is 0 Å². The molecule has 0 aromatic rings. The maximum atomic E-state index is 3.60. The van der Waals surface area contributed by atoms with Gasteiger partial charge in [0.25, 0.3) is 0 Å². The van der Waals surface area contributed by atoms with Crippen molar-refractivity contribution in [3.63, 3.8) is 0 Å². The Hall–Kier alpha value is 0.0900. The summed E-state index contributed by atoms with van der Waals surface area (Å²) in [6, 6.07) is 0. The summed E-state index contributed by atoms with van der Waals surface area (Å²) < 4.78 is 0. The smallest absolute Gasteiger partial charge is 0.0196 e. The second kappa shape index (κ2) is 3.29. The molecule has 0 spiro atoms. The highest BCUT2D eigenvalue weighted by Gasteiger charge is 1.84. The minimum absolute atomic E-state index is 0.505. The van der Waals surface area contributed by atoms with Gasteiger partial charge in [-0.2, -0.15) is 11.8 Å². The van der Waals surface area contributed by atoms with Crippen molar-refractivity contribution in [3.8, 4) is 0 Å². The zero-order valence-corrected chi connectivity index (χ0v) is 4.79. The van der Waals surface area contributed by atoms with E-state index < -0.39 is 0 Å². The molecule has 0 aromatic heterocycles. The Labute approximate surface area is 43.6 Å². The molecule has 0 nitrogen and oxygen atoms in total. The average molecular weight is 101 g/mol. The largest absolute Gasteiger partial charge is 0.154 e. The van der Waals surface area contributed by atoms with Crippen molar-refractivity contribution in [1.82, 2.24) is 0 Å². The van der Waals surface area contributed by atoms with E-state index in [2.05, 4.69) is 19.8 Å². The molecule has 0 saturated carbocycles. The lowest BCUT2D eigenvalue weighted by atomic mass is 10.5. The second-order valence-electron chi connectivity index (χ2n) is 1.11. The monoisotopic (exact) mass is 101 g/mol. The van der Waals surface area contributed by atoms with Crippen LogP contribution in [-0.4, -0.2) is 5.25 Å². The third-order valence-corrected chi connectivity index (χ3v) is 1.31. The highest BCUT2D eigenvalue weighted by Crippen LogP contribution is 2.05. The van der Waals surface area contributed by atoms with E-state index >= 15 is 0 Å². The molecule has 0 aliphatic heterocycles. The third-order valence-electron chi connectivity index (χ3n) is 0.595. The Morgan fingerprint density at radius 2 is 2.33 bits per heavy atom. The van der Waals surface area contributed by atoms with Crippen LogP contribution in [0.5, 0.6) is 0 Å². The fourth-order valence-electron chi connectivity index (χ4n) is 0.0680. The summed E-state index contributed by atoms with van der Waals surface area (Å²) in [6.45, 7) is 5.63. The van der Waals surface area contributed by atoms with Gasteiger partial charge in [-0.15, -0.1) is 6.58 Å². The van der Waals surface area contributed by atoms with Crippen molar-refractivity contribution in [1.29, 1.82) is 0 Å². The summed E-state index contributed by atoms with van der Waals surface area (Å²) in [7, 11) is 0. The molecule has 0 amide bonds. The van der Waals surface area contributed by atoms with E-state index in [-0.39, 0.29) is 0 Å². The lowest BCUT2D eigenvalue weighted by Gasteiger charge is -1.93. The third kappa shape index (κ3) is 2.33. The minimum atomic E-state index is 0.505. The lowest BCUT2D eigenvalue weighted by Crippen LogP contribution is -1.81. The number of hydrogen-bond acceptors (Lipinski definition) is 1. The highest BCUT2D eigenvalue weighted by atomic mass is 32.2. The summed E-state index contributed by atoms with van der Waals surface area (Å²) in [5.74, 6) is 0. The van der Waals surface area contributed by atoms with Gasteiger partial charge in [-0.25, -0.2) is 0 Å². The summed E-state index contributed by atoms with van der Waals surface area (Å²) in [5, 5.41) is 0.505. The Bertz CT molecular complexity index is 41.2. The van der Waals surface area contributed by atoms with Crippen LogP contribution in [-0.2, 0) is 0 Å². The molecule has 0 saturated heterocycles. The molecule has 35 valence electrons. The Morgan fingerprint density at radius 1 is 1.83 bits per heavy atom. The number of rotatable bonds is 2. The van der Waals surface area contributed by atoms with E-state index in [1.54, 1.807) is 11.8 Å².